The third-order valence-electron chi connectivity index (χ3n) is 7.25. The number of carbonyl (C=O) groups is 1. The predicted molar refractivity (Wildman–Crippen MR) is 137 cm³/mol. The van der Waals surface area contributed by atoms with Gasteiger partial charge in [-0.2, -0.15) is 5.10 Å². The van der Waals surface area contributed by atoms with E-state index in [1.165, 1.54) is 0 Å². The Morgan fingerprint density at radius 3 is 3.03 bits per heavy atom. The first-order valence-corrected chi connectivity index (χ1v) is 13.0. The lowest BCUT2D eigenvalue weighted by atomic mass is 10.0. The molecule has 2 aromatic heterocycles. The van der Waals surface area contributed by atoms with Crippen LogP contribution in [-0.2, 0) is 16.5 Å². The smallest absolute Gasteiger partial charge is 0.407 e. The molecule has 36 heavy (non-hydrogen) atoms. The van der Waals surface area contributed by atoms with Gasteiger partial charge in [0.25, 0.3) is 0 Å². The molecule has 3 aromatic rings. The van der Waals surface area contributed by atoms with Gasteiger partial charge in [-0.1, -0.05) is 13.0 Å². The molecule has 5 rings (SSSR count). The number of benzene rings is 1. The summed E-state index contributed by atoms with van der Waals surface area (Å²) in [5, 5.41) is 19.6. The summed E-state index contributed by atoms with van der Waals surface area (Å²) in [6.07, 6.45) is 4.10. The van der Waals surface area contributed by atoms with Gasteiger partial charge in [-0.3, -0.25) is 9.78 Å². The Labute approximate surface area is 211 Å². The average Bonchev–Trinajstić information content (AvgIpc) is 3.66. The molecule has 1 amide bonds. The minimum atomic E-state index is -0.328. The lowest BCUT2D eigenvalue weighted by Crippen LogP contribution is -2.34. The van der Waals surface area contributed by atoms with Gasteiger partial charge in [0.2, 0.25) is 5.88 Å². The van der Waals surface area contributed by atoms with E-state index in [2.05, 4.69) is 25.9 Å². The van der Waals surface area contributed by atoms with Crippen LogP contribution in [0.1, 0.15) is 57.6 Å². The summed E-state index contributed by atoms with van der Waals surface area (Å²) >= 11 is 0. The van der Waals surface area contributed by atoms with Crippen LogP contribution in [0.15, 0.2) is 24.3 Å². The van der Waals surface area contributed by atoms with Crippen molar-refractivity contribution in [3.63, 3.8) is 0 Å². The molecule has 1 aromatic carbocycles. The molecular formula is C26H36N6O4. The molecule has 3 N–H and O–H groups in total. The van der Waals surface area contributed by atoms with Crippen molar-refractivity contribution >= 4 is 28.5 Å². The van der Waals surface area contributed by atoms with E-state index >= 15 is 0 Å². The van der Waals surface area contributed by atoms with Crippen LogP contribution in [0.5, 0.6) is 5.88 Å². The Morgan fingerprint density at radius 1 is 1.33 bits per heavy atom. The molecule has 2 fully saturated rings. The number of hydrogen-bond acceptors (Lipinski definition) is 7. The zero-order valence-corrected chi connectivity index (χ0v) is 21.3. The van der Waals surface area contributed by atoms with Gasteiger partial charge in [-0.25, -0.2) is 4.79 Å². The first kappa shape index (κ1) is 24.4. The Kier molecular flexibility index (Phi) is 7.31. The number of aryl methyl sites for hydroxylation is 1. The molecule has 2 unspecified atom stereocenters. The standard InChI is InChI=1S/C26H36N6O4/c1-4-16(2)27-26(33)36-19-9-8-18(12-19)22-13-23(30-29-22)28-21-7-5-6-20-24(21)32(3)31-25(20)35-15-17-10-11-34-14-17/h5-7,13,16-19H,4,8-12,14-15H2,1-3H3,(H,27,33)(H2,28,29,30)/t16?,17?,18-,19+/m0/s1. The topological polar surface area (TPSA) is 115 Å². The van der Waals surface area contributed by atoms with E-state index in [0.29, 0.717) is 18.4 Å². The normalized spacial score (nSPS) is 22.6. The van der Waals surface area contributed by atoms with Gasteiger partial charge in [-0.05, 0) is 51.2 Å². The summed E-state index contributed by atoms with van der Waals surface area (Å²) in [5.74, 6) is 2.07. The minimum Gasteiger partial charge on any atom is -0.476 e. The number of ether oxygens (including phenoxy) is 3. The maximum atomic E-state index is 12.1. The highest BCUT2D eigenvalue weighted by Gasteiger charge is 2.30. The van der Waals surface area contributed by atoms with Crippen LogP contribution < -0.4 is 15.4 Å². The van der Waals surface area contributed by atoms with Gasteiger partial charge < -0.3 is 24.8 Å². The van der Waals surface area contributed by atoms with Crippen molar-refractivity contribution in [1.29, 1.82) is 0 Å². The van der Waals surface area contributed by atoms with Crippen molar-refractivity contribution in [3.05, 3.63) is 30.0 Å². The molecule has 1 aliphatic carbocycles. The third kappa shape index (κ3) is 5.43. The Hall–Kier alpha value is -3.27. The lowest BCUT2D eigenvalue weighted by Gasteiger charge is -2.16. The molecule has 0 radical (unpaired) electrons. The fourth-order valence-corrected chi connectivity index (χ4v) is 4.99. The number of H-pyrrole nitrogens is 1. The largest absolute Gasteiger partial charge is 0.476 e. The van der Waals surface area contributed by atoms with Crippen molar-refractivity contribution in [1.82, 2.24) is 25.3 Å². The summed E-state index contributed by atoms with van der Waals surface area (Å²) < 4.78 is 19.0. The molecule has 3 heterocycles. The summed E-state index contributed by atoms with van der Waals surface area (Å²) in [6, 6.07) is 8.19. The molecule has 0 bridgehead atoms. The van der Waals surface area contributed by atoms with Gasteiger partial charge in [0.05, 0.1) is 29.8 Å². The van der Waals surface area contributed by atoms with Crippen molar-refractivity contribution in [3.8, 4) is 5.88 Å². The molecule has 1 saturated heterocycles. The number of hydrogen-bond donors (Lipinski definition) is 3. The van der Waals surface area contributed by atoms with Crippen LogP contribution in [0.3, 0.4) is 0 Å². The van der Waals surface area contributed by atoms with E-state index in [1.807, 2.05) is 49.8 Å². The fraction of sp³-hybridized carbons (Fsp3) is 0.577. The van der Waals surface area contributed by atoms with E-state index in [9.17, 15) is 4.79 Å². The van der Waals surface area contributed by atoms with Crippen LogP contribution in [0, 0.1) is 5.92 Å². The second kappa shape index (κ2) is 10.8. The molecule has 194 valence electrons. The minimum absolute atomic E-state index is 0.0730. The number of nitrogens with one attached hydrogen (secondary N) is 3. The van der Waals surface area contributed by atoms with E-state index in [0.717, 1.165) is 73.4 Å². The molecule has 4 atom stereocenters. The molecule has 0 spiro atoms. The van der Waals surface area contributed by atoms with E-state index in [4.69, 9.17) is 14.2 Å². The van der Waals surface area contributed by atoms with Crippen molar-refractivity contribution in [2.75, 3.05) is 25.1 Å². The number of rotatable bonds is 9. The van der Waals surface area contributed by atoms with E-state index < -0.39 is 0 Å². The summed E-state index contributed by atoms with van der Waals surface area (Å²) in [7, 11) is 1.92. The van der Waals surface area contributed by atoms with Crippen LogP contribution >= 0.6 is 0 Å². The molecule has 1 aliphatic heterocycles. The number of para-hydroxylation sites is 1. The SMILES string of the molecule is CCC(C)NC(=O)O[C@@H]1CC[C@H](c2cc(Nc3cccc4c(OCC5CCOC5)nn(C)c34)n[nH]2)C1. The van der Waals surface area contributed by atoms with Crippen LogP contribution in [0.25, 0.3) is 10.9 Å². The highest BCUT2D eigenvalue weighted by molar-refractivity contribution is 5.95. The number of fused-ring (bicyclic) bond motifs is 1. The highest BCUT2D eigenvalue weighted by atomic mass is 16.6. The summed E-state index contributed by atoms with van der Waals surface area (Å²) in [4.78, 5) is 12.1. The number of alkyl carbamates (subject to hydrolysis) is 1. The van der Waals surface area contributed by atoms with Gasteiger partial charge in [-0.15, -0.1) is 5.10 Å². The van der Waals surface area contributed by atoms with Crippen LogP contribution in [0.2, 0.25) is 0 Å². The predicted octanol–water partition coefficient (Wildman–Crippen LogP) is 4.62. The number of aromatic nitrogens is 4. The molecular weight excluding hydrogens is 460 g/mol. The number of aromatic amines is 1. The Balaban J connectivity index is 1.22. The van der Waals surface area contributed by atoms with E-state index in [1.54, 1.807) is 0 Å². The van der Waals surface area contributed by atoms with Gasteiger partial charge >= 0.3 is 6.09 Å². The zero-order valence-electron chi connectivity index (χ0n) is 21.3. The molecule has 2 aliphatic rings. The molecule has 10 nitrogen and oxygen atoms in total. The first-order chi connectivity index (χ1) is 17.5. The molecule has 10 heteroatoms. The van der Waals surface area contributed by atoms with Crippen molar-refractivity contribution in [2.45, 2.75) is 64.0 Å². The monoisotopic (exact) mass is 496 g/mol. The maximum Gasteiger partial charge on any atom is 0.407 e. The van der Waals surface area contributed by atoms with Crippen molar-refractivity contribution in [2.24, 2.45) is 13.0 Å². The number of nitrogens with zero attached hydrogens (tertiary/aromatic N) is 3. The summed E-state index contributed by atoms with van der Waals surface area (Å²) in [6.45, 7) is 6.17. The second-order valence-electron chi connectivity index (χ2n) is 10.00. The Morgan fingerprint density at radius 2 is 2.22 bits per heavy atom. The molecule has 1 saturated carbocycles. The summed E-state index contributed by atoms with van der Waals surface area (Å²) in [5.41, 5.74) is 2.92. The lowest BCUT2D eigenvalue weighted by molar-refractivity contribution is 0.0974. The second-order valence-corrected chi connectivity index (χ2v) is 10.00. The van der Waals surface area contributed by atoms with E-state index in [-0.39, 0.29) is 24.2 Å². The Bertz CT molecular complexity index is 1180. The zero-order chi connectivity index (χ0) is 25.1. The van der Waals surface area contributed by atoms with Gasteiger partial charge in [0.1, 0.15) is 6.10 Å². The van der Waals surface area contributed by atoms with Gasteiger partial charge in [0.15, 0.2) is 5.82 Å². The van der Waals surface area contributed by atoms with Gasteiger partial charge in [0, 0.05) is 43.3 Å². The number of carbonyl (C=O) groups excluding carboxylic acids is 1. The highest BCUT2D eigenvalue weighted by Crippen LogP contribution is 2.37. The number of amides is 1. The van der Waals surface area contributed by atoms with Crippen LogP contribution in [-0.4, -0.2) is 58.0 Å². The van der Waals surface area contributed by atoms with Crippen LogP contribution in [0.4, 0.5) is 16.3 Å². The maximum absolute atomic E-state index is 12.1. The third-order valence-corrected chi connectivity index (χ3v) is 7.25. The quantitative estimate of drug-likeness (QED) is 0.396. The average molecular weight is 497 g/mol. The first-order valence-electron chi connectivity index (χ1n) is 13.0. The number of anilines is 2. The van der Waals surface area contributed by atoms with Crippen molar-refractivity contribution < 1.29 is 19.0 Å². The fourth-order valence-electron chi connectivity index (χ4n) is 4.99.